The Kier molecular flexibility index (Phi) is 5.34. The summed E-state index contributed by atoms with van der Waals surface area (Å²) in [4.78, 5) is 0. The van der Waals surface area contributed by atoms with Crippen molar-refractivity contribution in [3.8, 4) is 5.75 Å². The van der Waals surface area contributed by atoms with Crippen LogP contribution < -0.4 is 4.74 Å². The van der Waals surface area contributed by atoms with E-state index in [1.807, 2.05) is 0 Å². The zero-order valence-corrected chi connectivity index (χ0v) is 13.4. The van der Waals surface area contributed by atoms with E-state index in [0.717, 1.165) is 18.2 Å². The lowest BCUT2D eigenvalue weighted by atomic mass is 10.1. The lowest BCUT2D eigenvalue weighted by molar-refractivity contribution is -0.137. The predicted octanol–water partition coefficient (Wildman–Crippen LogP) is 5.97. The average molecular weight is 398 g/mol. The molecule has 0 spiro atoms. The van der Waals surface area contributed by atoms with Crippen LogP contribution in [0.25, 0.3) is 0 Å². The van der Waals surface area contributed by atoms with E-state index in [4.69, 9.17) is 16.3 Å². The van der Waals surface area contributed by atoms with Crippen LogP contribution in [0.3, 0.4) is 0 Å². The number of hydrogen-bond donors (Lipinski definition) is 0. The maximum absolute atomic E-state index is 13.6. The van der Waals surface area contributed by atoms with Crippen molar-refractivity contribution in [1.82, 2.24) is 0 Å². The molecule has 118 valence electrons. The van der Waals surface area contributed by atoms with Gasteiger partial charge in [0, 0.05) is 21.5 Å². The molecule has 22 heavy (non-hydrogen) atoms. The van der Waals surface area contributed by atoms with Crippen molar-refractivity contribution in [2.24, 2.45) is 0 Å². The normalized spacial score (nSPS) is 11.5. The third kappa shape index (κ3) is 4.14. The lowest BCUT2D eigenvalue weighted by Crippen LogP contribution is -2.06. The quantitative estimate of drug-likeness (QED) is 0.456. The zero-order valence-electron chi connectivity index (χ0n) is 11.1. The molecule has 0 aliphatic heterocycles. The first-order valence-electron chi connectivity index (χ1n) is 6.14. The molecule has 0 saturated carbocycles. The van der Waals surface area contributed by atoms with Crippen LogP contribution in [0.15, 0.2) is 36.4 Å². The molecule has 0 atom stereocenters. The minimum absolute atomic E-state index is 0.103. The highest BCUT2D eigenvalue weighted by molar-refractivity contribution is 9.08. The Labute approximate surface area is 138 Å². The lowest BCUT2D eigenvalue weighted by Gasteiger charge is -2.13. The molecule has 0 fully saturated rings. The molecule has 2 aromatic carbocycles. The van der Waals surface area contributed by atoms with E-state index in [1.54, 1.807) is 0 Å². The third-order valence-corrected chi connectivity index (χ3v) is 3.77. The maximum Gasteiger partial charge on any atom is 0.416 e. The summed E-state index contributed by atoms with van der Waals surface area (Å²) < 4.78 is 57.0. The summed E-state index contributed by atoms with van der Waals surface area (Å²) in [5, 5.41) is 0.451. The molecule has 0 aromatic heterocycles. The van der Waals surface area contributed by atoms with Crippen molar-refractivity contribution < 1.29 is 22.3 Å². The smallest absolute Gasteiger partial charge is 0.416 e. The number of alkyl halides is 4. The van der Waals surface area contributed by atoms with Crippen molar-refractivity contribution in [2.75, 3.05) is 0 Å². The van der Waals surface area contributed by atoms with Gasteiger partial charge < -0.3 is 4.74 Å². The molecule has 2 aromatic rings. The van der Waals surface area contributed by atoms with E-state index in [0.29, 0.717) is 5.56 Å². The average Bonchev–Trinajstić information content (AvgIpc) is 2.45. The Hall–Kier alpha value is -1.27. The Bertz CT molecular complexity index is 673. The molecule has 0 aliphatic rings. The molecule has 0 radical (unpaired) electrons. The molecule has 2 rings (SSSR count). The predicted molar refractivity (Wildman–Crippen MR) is 79.8 cm³/mol. The molecular weight excluding hydrogens is 388 g/mol. The van der Waals surface area contributed by atoms with Crippen LogP contribution in [-0.4, -0.2) is 0 Å². The van der Waals surface area contributed by atoms with E-state index < -0.39 is 17.6 Å². The number of hydrogen-bond acceptors (Lipinski definition) is 1. The first-order valence-corrected chi connectivity index (χ1v) is 7.64. The molecule has 7 heteroatoms. The molecule has 0 saturated heterocycles. The van der Waals surface area contributed by atoms with Crippen LogP contribution in [0.5, 0.6) is 5.75 Å². The summed E-state index contributed by atoms with van der Waals surface area (Å²) in [5.74, 6) is -0.265. The van der Waals surface area contributed by atoms with E-state index >= 15 is 0 Å². The Morgan fingerprint density at radius 3 is 2.36 bits per heavy atom. The van der Waals surface area contributed by atoms with Gasteiger partial charge in [0.15, 0.2) is 0 Å². The maximum atomic E-state index is 13.6. The van der Waals surface area contributed by atoms with E-state index in [9.17, 15) is 17.6 Å². The van der Waals surface area contributed by atoms with Crippen LogP contribution in [-0.2, 0) is 18.1 Å². The monoisotopic (exact) mass is 396 g/mol. The highest BCUT2D eigenvalue weighted by Gasteiger charge is 2.31. The van der Waals surface area contributed by atoms with Gasteiger partial charge in [-0.2, -0.15) is 13.2 Å². The largest absolute Gasteiger partial charge is 0.488 e. The molecule has 0 amide bonds. The number of halogens is 6. The summed E-state index contributed by atoms with van der Waals surface area (Å²) in [6.07, 6.45) is -4.42. The minimum atomic E-state index is -4.42. The Morgan fingerprint density at radius 1 is 1.05 bits per heavy atom. The second-order valence-corrected chi connectivity index (χ2v) is 5.48. The van der Waals surface area contributed by atoms with Crippen molar-refractivity contribution in [3.05, 3.63) is 63.9 Å². The highest BCUT2D eigenvalue weighted by atomic mass is 79.9. The fourth-order valence-corrected chi connectivity index (χ4v) is 2.39. The summed E-state index contributed by atoms with van der Waals surface area (Å²) in [7, 11) is 0. The van der Waals surface area contributed by atoms with Gasteiger partial charge in [-0.3, -0.25) is 0 Å². The van der Waals surface area contributed by atoms with Crippen molar-refractivity contribution in [2.45, 2.75) is 18.1 Å². The first kappa shape index (κ1) is 17.1. The summed E-state index contributed by atoms with van der Waals surface area (Å²) in [6, 6.07) is 7.30. The summed E-state index contributed by atoms with van der Waals surface area (Å²) in [5.41, 5.74) is -0.152. The van der Waals surface area contributed by atoms with Crippen molar-refractivity contribution in [3.63, 3.8) is 0 Å². The molecular formula is C15H10BrClF4O. The van der Waals surface area contributed by atoms with Gasteiger partial charge in [-0.05, 0) is 30.3 Å². The van der Waals surface area contributed by atoms with Crippen molar-refractivity contribution in [1.29, 1.82) is 0 Å². The number of rotatable bonds is 4. The zero-order chi connectivity index (χ0) is 16.3. The van der Waals surface area contributed by atoms with Crippen molar-refractivity contribution >= 4 is 27.5 Å². The van der Waals surface area contributed by atoms with E-state index in [2.05, 4.69) is 15.9 Å². The summed E-state index contributed by atoms with van der Waals surface area (Å²) in [6.45, 7) is -0.103. The molecule has 0 unspecified atom stereocenters. The van der Waals surface area contributed by atoms with Crippen LogP contribution in [0, 0.1) is 5.82 Å². The second kappa shape index (κ2) is 6.87. The standard InChI is InChI=1S/C15H10BrClF4O/c16-7-10-5-11(15(19,20)21)2-4-14(10)22-8-9-1-3-12(17)6-13(9)18/h1-6H,7-8H2. The Morgan fingerprint density at radius 2 is 1.77 bits per heavy atom. The van der Waals surface area contributed by atoms with Crippen LogP contribution in [0.4, 0.5) is 17.6 Å². The topological polar surface area (TPSA) is 9.23 Å². The van der Waals surface area contributed by atoms with Crippen LogP contribution >= 0.6 is 27.5 Å². The van der Waals surface area contributed by atoms with Gasteiger partial charge in [-0.15, -0.1) is 0 Å². The fourth-order valence-electron chi connectivity index (χ4n) is 1.80. The molecule has 0 N–H and O–H groups in total. The molecule has 0 bridgehead atoms. The third-order valence-electron chi connectivity index (χ3n) is 2.93. The highest BCUT2D eigenvalue weighted by Crippen LogP contribution is 2.33. The molecule has 0 heterocycles. The number of ether oxygens (including phenoxy) is 1. The SMILES string of the molecule is Fc1cc(Cl)ccc1COc1ccc(C(F)(F)F)cc1CBr. The number of benzene rings is 2. The molecule has 1 nitrogen and oxygen atoms in total. The second-order valence-electron chi connectivity index (χ2n) is 4.48. The van der Waals surface area contributed by atoms with Gasteiger partial charge in [-0.25, -0.2) is 4.39 Å². The van der Waals surface area contributed by atoms with Crippen LogP contribution in [0.2, 0.25) is 5.02 Å². The van der Waals surface area contributed by atoms with Gasteiger partial charge in [0.05, 0.1) is 5.56 Å². The van der Waals surface area contributed by atoms with Gasteiger partial charge in [0.1, 0.15) is 18.2 Å². The summed E-state index contributed by atoms with van der Waals surface area (Å²) >= 11 is 8.77. The van der Waals surface area contributed by atoms with Gasteiger partial charge in [0.25, 0.3) is 0 Å². The van der Waals surface area contributed by atoms with Gasteiger partial charge >= 0.3 is 6.18 Å². The minimum Gasteiger partial charge on any atom is -0.488 e. The van der Waals surface area contributed by atoms with Gasteiger partial charge in [-0.1, -0.05) is 33.6 Å². The van der Waals surface area contributed by atoms with Crippen LogP contribution in [0.1, 0.15) is 16.7 Å². The van der Waals surface area contributed by atoms with E-state index in [1.165, 1.54) is 18.2 Å². The fraction of sp³-hybridized carbons (Fsp3) is 0.200. The first-order chi connectivity index (χ1) is 10.3. The molecule has 0 aliphatic carbocycles. The Balaban J connectivity index is 2.19. The van der Waals surface area contributed by atoms with E-state index in [-0.39, 0.29) is 28.3 Å². The van der Waals surface area contributed by atoms with Gasteiger partial charge in [0.2, 0.25) is 0 Å².